The number of hydrogen-bond donors (Lipinski definition) is 1. The number of hydrogen-bond acceptors (Lipinski definition) is 4. The van der Waals surface area contributed by atoms with Crippen LogP contribution in [-0.4, -0.2) is 40.9 Å². The molecule has 1 aliphatic rings. The van der Waals surface area contributed by atoms with E-state index in [-0.39, 0.29) is 5.91 Å². The van der Waals surface area contributed by atoms with Gasteiger partial charge < -0.3 is 10.2 Å². The lowest BCUT2D eigenvalue weighted by Crippen LogP contribution is -2.28. The second-order valence-electron chi connectivity index (χ2n) is 6.16. The van der Waals surface area contributed by atoms with Crippen LogP contribution in [0.15, 0.2) is 24.0 Å². The Morgan fingerprint density at radius 1 is 1.30 bits per heavy atom. The monoisotopic (exact) mass is 316 g/mol. The predicted molar refractivity (Wildman–Crippen MR) is 93.6 cm³/mol. The minimum Gasteiger partial charge on any atom is -0.354 e. The molecular formula is C18H28N4O. The molecule has 1 heterocycles. The van der Waals surface area contributed by atoms with E-state index < -0.39 is 0 Å². The highest BCUT2D eigenvalue weighted by Crippen LogP contribution is 2.19. The number of allylic oxidation sites excluding steroid dienone is 1. The zero-order valence-corrected chi connectivity index (χ0v) is 14.3. The van der Waals surface area contributed by atoms with Crippen LogP contribution in [0.2, 0.25) is 0 Å². The molecular weight excluding hydrogens is 288 g/mol. The Labute approximate surface area is 139 Å². The summed E-state index contributed by atoms with van der Waals surface area (Å²) in [4.78, 5) is 22.4. The third-order valence-electron chi connectivity index (χ3n) is 4.21. The molecule has 1 aromatic heterocycles. The molecule has 0 spiro atoms. The van der Waals surface area contributed by atoms with Crippen LogP contribution in [0.3, 0.4) is 0 Å². The summed E-state index contributed by atoms with van der Waals surface area (Å²) in [6.45, 7) is 3.73. The summed E-state index contributed by atoms with van der Waals surface area (Å²) >= 11 is 0. The molecule has 0 fully saturated rings. The Balaban J connectivity index is 1.79. The molecule has 2 rings (SSSR count). The average Bonchev–Trinajstić information content (AvgIpc) is 2.60. The van der Waals surface area contributed by atoms with Gasteiger partial charge in [0.25, 0.3) is 5.91 Å². The van der Waals surface area contributed by atoms with E-state index in [4.69, 9.17) is 0 Å². The first-order valence-corrected chi connectivity index (χ1v) is 8.70. The summed E-state index contributed by atoms with van der Waals surface area (Å²) in [5, 5.41) is 3.23. The number of nitrogens with one attached hydrogen (secondary N) is 1. The van der Waals surface area contributed by atoms with Crippen LogP contribution >= 0.6 is 0 Å². The first kappa shape index (κ1) is 17.4. The summed E-state index contributed by atoms with van der Waals surface area (Å²) in [6.07, 6.45) is 13.8. The van der Waals surface area contributed by atoms with Crippen molar-refractivity contribution in [1.82, 2.24) is 14.9 Å². The molecule has 0 unspecified atom stereocenters. The molecule has 1 aromatic rings. The third kappa shape index (κ3) is 5.66. The molecule has 1 N–H and O–H groups in total. The Hall–Kier alpha value is -1.91. The molecule has 5 heteroatoms. The van der Waals surface area contributed by atoms with Crippen LogP contribution < -0.4 is 5.32 Å². The highest BCUT2D eigenvalue weighted by atomic mass is 16.2. The molecule has 23 heavy (non-hydrogen) atoms. The normalized spacial score (nSPS) is 14.3. The Bertz CT molecular complexity index is 524. The second-order valence-corrected chi connectivity index (χ2v) is 6.16. The van der Waals surface area contributed by atoms with E-state index in [2.05, 4.69) is 28.3 Å². The van der Waals surface area contributed by atoms with Gasteiger partial charge in [-0.1, -0.05) is 25.0 Å². The number of rotatable bonds is 8. The molecule has 0 saturated heterocycles. The molecule has 0 bridgehead atoms. The van der Waals surface area contributed by atoms with Crippen LogP contribution in [0.1, 0.15) is 62.2 Å². The molecule has 0 aliphatic heterocycles. The lowest BCUT2D eigenvalue weighted by atomic mass is 9.97. The van der Waals surface area contributed by atoms with Gasteiger partial charge >= 0.3 is 0 Å². The Kier molecular flexibility index (Phi) is 7.04. The number of anilines is 1. The highest BCUT2D eigenvalue weighted by molar-refractivity contribution is 5.93. The maximum Gasteiger partial charge on any atom is 0.256 e. The first-order chi connectivity index (χ1) is 11.2. The molecule has 5 nitrogen and oxygen atoms in total. The summed E-state index contributed by atoms with van der Waals surface area (Å²) in [5.41, 5.74) is 2.08. The maximum absolute atomic E-state index is 12.2. The number of carbonyl (C=O) groups excluding carboxylic acids is 1. The van der Waals surface area contributed by atoms with Crippen molar-refractivity contribution >= 4 is 11.9 Å². The van der Waals surface area contributed by atoms with Crippen LogP contribution in [-0.2, 0) is 0 Å². The van der Waals surface area contributed by atoms with Gasteiger partial charge in [0.1, 0.15) is 0 Å². The topological polar surface area (TPSA) is 58.1 Å². The minimum absolute atomic E-state index is 0.0163. The van der Waals surface area contributed by atoms with Gasteiger partial charge in [-0.15, -0.1) is 0 Å². The van der Waals surface area contributed by atoms with Gasteiger partial charge in [-0.2, -0.15) is 0 Å². The second kappa shape index (κ2) is 9.28. The van der Waals surface area contributed by atoms with Gasteiger partial charge in [-0.05, 0) is 38.5 Å². The van der Waals surface area contributed by atoms with Crippen LogP contribution in [0, 0.1) is 0 Å². The van der Waals surface area contributed by atoms with Crippen molar-refractivity contribution in [2.75, 3.05) is 25.5 Å². The lowest BCUT2D eigenvalue weighted by molar-refractivity contribution is 0.0792. The Morgan fingerprint density at radius 2 is 2.09 bits per heavy atom. The van der Waals surface area contributed by atoms with E-state index in [1.165, 1.54) is 31.3 Å². The van der Waals surface area contributed by atoms with E-state index >= 15 is 0 Å². The number of nitrogens with zero attached hydrogens (tertiary/aromatic N) is 3. The lowest BCUT2D eigenvalue weighted by Gasteiger charge is -2.16. The molecule has 0 saturated carbocycles. The molecule has 0 aromatic carbocycles. The van der Waals surface area contributed by atoms with Crippen molar-refractivity contribution in [3.05, 3.63) is 29.6 Å². The van der Waals surface area contributed by atoms with Crippen molar-refractivity contribution < 1.29 is 4.79 Å². The number of unbranched alkanes of at least 4 members (excludes halogenated alkanes) is 1. The number of amides is 1. The van der Waals surface area contributed by atoms with E-state index in [1.54, 1.807) is 17.3 Å². The fraction of sp³-hybridized carbons (Fsp3) is 0.611. The first-order valence-electron chi connectivity index (χ1n) is 8.70. The third-order valence-corrected chi connectivity index (χ3v) is 4.21. The predicted octanol–water partition coefficient (Wildman–Crippen LogP) is 3.65. The zero-order valence-electron chi connectivity index (χ0n) is 14.3. The summed E-state index contributed by atoms with van der Waals surface area (Å²) in [6, 6.07) is 0. The summed E-state index contributed by atoms with van der Waals surface area (Å²) in [5.74, 6) is 0.575. The fourth-order valence-corrected chi connectivity index (χ4v) is 2.71. The zero-order chi connectivity index (χ0) is 16.5. The smallest absolute Gasteiger partial charge is 0.256 e. The standard InChI is InChI=1S/C18H28N4O/c1-3-4-12-22(2)17(23)16-13-20-18(21-14-16)19-11-10-15-8-6-5-7-9-15/h8,13-14H,3-7,9-12H2,1-2H3,(H,19,20,21). The van der Waals surface area contributed by atoms with Crippen LogP contribution in [0.5, 0.6) is 0 Å². The van der Waals surface area contributed by atoms with Crippen LogP contribution in [0.4, 0.5) is 5.95 Å². The minimum atomic E-state index is -0.0163. The average molecular weight is 316 g/mol. The Morgan fingerprint density at radius 3 is 2.74 bits per heavy atom. The van der Waals surface area contributed by atoms with Crippen LogP contribution in [0.25, 0.3) is 0 Å². The SMILES string of the molecule is CCCCN(C)C(=O)c1cnc(NCCC2=CCCCC2)nc1. The van der Waals surface area contributed by atoms with Crippen molar-refractivity contribution in [3.8, 4) is 0 Å². The fourth-order valence-electron chi connectivity index (χ4n) is 2.71. The molecule has 0 radical (unpaired) electrons. The van der Waals surface area contributed by atoms with Gasteiger partial charge in [0.2, 0.25) is 5.95 Å². The van der Waals surface area contributed by atoms with Crippen molar-refractivity contribution in [3.63, 3.8) is 0 Å². The van der Waals surface area contributed by atoms with E-state index in [0.717, 1.165) is 32.4 Å². The van der Waals surface area contributed by atoms with Crippen molar-refractivity contribution in [2.24, 2.45) is 0 Å². The van der Waals surface area contributed by atoms with Gasteiger partial charge in [-0.25, -0.2) is 9.97 Å². The van der Waals surface area contributed by atoms with Gasteiger partial charge in [-0.3, -0.25) is 4.79 Å². The molecule has 0 atom stereocenters. The molecule has 126 valence electrons. The maximum atomic E-state index is 12.2. The van der Waals surface area contributed by atoms with Gasteiger partial charge in [0, 0.05) is 32.5 Å². The quantitative estimate of drug-likeness (QED) is 0.744. The molecule has 1 amide bonds. The number of carbonyl (C=O) groups is 1. The summed E-state index contributed by atoms with van der Waals surface area (Å²) < 4.78 is 0. The van der Waals surface area contributed by atoms with E-state index in [1.807, 2.05) is 7.05 Å². The van der Waals surface area contributed by atoms with Crippen molar-refractivity contribution in [2.45, 2.75) is 51.9 Å². The van der Waals surface area contributed by atoms with Crippen molar-refractivity contribution in [1.29, 1.82) is 0 Å². The number of aromatic nitrogens is 2. The van der Waals surface area contributed by atoms with Gasteiger partial charge in [0.05, 0.1) is 5.56 Å². The van der Waals surface area contributed by atoms with E-state index in [0.29, 0.717) is 11.5 Å². The largest absolute Gasteiger partial charge is 0.354 e. The van der Waals surface area contributed by atoms with Gasteiger partial charge in [0.15, 0.2) is 0 Å². The summed E-state index contributed by atoms with van der Waals surface area (Å²) in [7, 11) is 1.82. The molecule has 1 aliphatic carbocycles. The highest BCUT2D eigenvalue weighted by Gasteiger charge is 2.12. The van der Waals surface area contributed by atoms with E-state index in [9.17, 15) is 4.79 Å².